The van der Waals surface area contributed by atoms with Gasteiger partial charge >= 0.3 is 5.97 Å². The van der Waals surface area contributed by atoms with Crippen LogP contribution in [0, 0.1) is 13.8 Å². The summed E-state index contributed by atoms with van der Waals surface area (Å²) in [5, 5.41) is 2.78. The molecule has 0 radical (unpaired) electrons. The van der Waals surface area contributed by atoms with Gasteiger partial charge in [-0.3, -0.25) is 9.10 Å². The van der Waals surface area contributed by atoms with Gasteiger partial charge in [-0.25, -0.2) is 13.2 Å². The fraction of sp³-hybridized carbons (Fsp3) is 0.200. The summed E-state index contributed by atoms with van der Waals surface area (Å²) in [6, 6.07) is 15.7. The van der Waals surface area contributed by atoms with Crippen LogP contribution < -0.4 is 14.4 Å². The predicted octanol–water partition coefficient (Wildman–Crippen LogP) is 4.59. The van der Waals surface area contributed by atoms with E-state index in [2.05, 4.69) is 5.32 Å². The van der Waals surface area contributed by atoms with Crippen molar-refractivity contribution < 1.29 is 27.5 Å². The third-order valence-electron chi connectivity index (χ3n) is 5.15. The molecule has 3 rings (SSSR count). The first kappa shape index (κ1) is 26.1. The zero-order valence-corrected chi connectivity index (χ0v) is 21.2. The van der Waals surface area contributed by atoms with Crippen molar-refractivity contribution in [3.8, 4) is 5.75 Å². The molecule has 0 aromatic heterocycles. The first-order valence-corrected chi connectivity index (χ1v) is 12.3. The molecular formula is C25H25ClN2O6S. The normalized spacial score (nSPS) is 11.0. The van der Waals surface area contributed by atoms with Gasteiger partial charge in [0.05, 0.1) is 35.4 Å². The lowest BCUT2D eigenvalue weighted by Gasteiger charge is -2.26. The van der Waals surface area contributed by atoms with Crippen LogP contribution >= 0.6 is 11.6 Å². The first-order chi connectivity index (χ1) is 16.6. The van der Waals surface area contributed by atoms with E-state index in [1.807, 2.05) is 13.8 Å². The van der Waals surface area contributed by atoms with E-state index in [-0.39, 0.29) is 26.9 Å². The molecule has 0 saturated carbocycles. The number of hydrogen-bond donors (Lipinski definition) is 1. The van der Waals surface area contributed by atoms with Crippen LogP contribution in [0.5, 0.6) is 5.75 Å². The Hall–Kier alpha value is -3.56. The standard InChI is InChI=1S/C25H25ClN2O6S/c1-16-5-9-19(10-6-16)35(31,32)28(22-13-17(2)7-12-23(22)33-3)15-24(29)27-18-8-11-21(26)20(14-18)25(30)34-4/h5-14H,15H2,1-4H3,(H,27,29). The molecule has 0 fully saturated rings. The minimum Gasteiger partial charge on any atom is -0.495 e. The van der Waals surface area contributed by atoms with Gasteiger partial charge in [-0.1, -0.05) is 35.4 Å². The molecule has 184 valence electrons. The highest BCUT2D eigenvalue weighted by molar-refractivity contribution is 7.92. The largest absolute Gasteiger partial charge is 0.495 e. The van der Waals surface area contributed by atoms with Gasteiger partial charge in [-0.15, -0.1) is 0 Å². The van der Waals surface area contributed by atoms with E-state index in [4.69, 9.17) is 21.1 Å². The summed E-state index contributed by atoms with van der Waals surface area (Å²) in [5.41, 5.74) is 2.21. The third kappa shape index (κ3) is 5.93. The number of aryl methyl sites for hydroxylation is 2. The van der Waals surface area contributed by atoms with Crippen molar-refractivity contribution in [1.29, 1.82) is 0 Å². The van der Waals surface area contributed by atoms with E-state index < -0.39 is 28.4 Å². The molecule has 1 amide bonds. The van der Waals surface area contributed by atoms with Gasteiger partial charge in [0.25, 0.3) is 10.0 Å². The van der Waals surface area contributed by atoms with E-state index in [1.54, 1.807) is 30.3 Å². The van der Waals surface area contributed by atoms with Gasteiger partial charge < -0.3 is 14.8 Å². The number of hydrogen-bond acceptors (Lipinski definition) is 6. The van der Waals surface area contributed by atoms with Crippen LogP contribution in [0.2, 0.25) is 5.02 Å². The zero-order valence-electron chi connectivity index (χ0n) is 19.7. The molecule has 0 bridgehead atoms. The summed E-state index contributed by atoms with van der Waals surface area (Å²) in [6.45, 7) is 3.11. The van der Waals surface area contributed by atoms with Crippen molar-refractivity contribution in [2.75, 3.05) is 30.4 Å². The number of esters is 1. The lowest BCUT2D eigenvalue weighted by molar-refractivity contribution is -0.114. The Morgan fingerprint density at radius 2 is 1.60 bits per heavy atom. The number of sulfonamides is 1. The first-order valence-electron chi connectivity index (χ1n) is 10.5. The molecule has 3 aromatic rings. The van der Waals surface area contributed by atoms with Gasteiger partial charge in [0.15, 0.2) is 0 Å². The summed E-state index contributed by atoms with van der Waals surface area (Å²) in [5.74, 6) is -1.01. The van der Waals surface area contributed by atoms with Crippen molar-refractivity contribution in [2.24, 2.45) is 0 Å². The van der Waals surface area contributed by atoms with Gasteiger partial charge in [0.2, 0.25) is 5.91 Å². The molecule has 0 aliphatic carbocycles. The van der Waals surface area contributed by atoms with Gasteiger partial charge in [-0.05, 0) is 61.9 Å². The second-order valence-electron chi connectivity index (χ2n) is 7.73. The number of rotatable bonds is 8. The maximum Gasteiger partial charge on any atom is 0.339 e. The summed E-state index contributed by atoms with van der Waals surface area (Å²) >= 11 is 6.04. The van der Waals surface area contributed by atoms with Crippen LogP contribution in [-0.2, 0) is 19.6 Å². The van der Waals surface area contributed by atoms with E-state index in [1.165, 1.54) is 44.6 Å². The minimum absolute atomic E-state index is 0.0268. The second kappa shape index (κ2) is 10.8. The smallest absolute Gasteiger partial charge is 0.339 e. The summed E-state index contributed by atoms with van der Waals surface area (Å²) in [7, 11) is -1.50. The number of benzene rings is 3. The lowest BCUT2D eigenvalue weighted by Crippen LogP contribution is -2.38. The van der Waals surface area contributed by atoms with Crippen LogP contribution in [-0.4, -0.2) is 41.1 Å². The van der Waals surface area contributed by atoms with Gasteiger partial charge in [0.1, 0.15) is 12.3 Å². The Morgan fingerprint density at radius 1 is 0.943 bits per heavy atom. The number of ether oxygens (including phenoxy) is 2. The predicted molar refractivity (Wildman–Crippen MR) is 135 cm³/mol. The third-order valence-corrected chi connectivity index (χ3v) is 7.26. The molecule has 8 nitrogen and oxygen atoms in total. The van der Waals surface area contributed by atoms with E-state index in [9.17, 15) is 18.0 Å². The maximum absolute atomic E-state index is 13.7. The van der Waals surface area contributed by atoms with E-state index >= 15 is 0 Å². The second-order valence-corrected chi connectivity index (χ2v) is 10.0. The quantitative estimate of drug-likeness (QED) is 0.439. The highest BCUT2D eigenvalue weighted by Gasteiger charge is 2.29. The average molecular weight is 517 g/mol. The van der Waals surface area contributed by atoms with Crippen molar-refractivity contribution in [3.63, 3.8) is 0 Å². The Bertz CT molecular complexity index is 1360. The van der Waals surface area contributed by atoms with Crippen LogP contribution in [0.25, 0.3) is 0 Å². The molecular weight excluding hydrogens is 492 g/mol. The zero-order chi connectivity index (χ0) is 25.8. The van der Waals surface area contributed by atoms with Crippen LogP contribution in [0.1, 0.15) is 21.5 Å². The highest BCUT2D eigenvalue weighted by atomic mass is 35.5. The number of nitrogens with zero attached hydrogens (tertiary/aromatic N) is 1. The topological polar surface area (TPSA) is 102 Å². The van der Waals surface area contributed by atoms with Crippen LogP contribution in [0.4, 0.5) is 11.4 Å². The molecule has 0 saturated heterocycles. The Morgan fingerprint density at radius 3 is 2.23 bits per heavy atom. The van der Waals surface area contributed by atoms with Crippen molar-refractivity contribution in [3.05, 3.63) is 82.4 Å². The Kier molecular flexibility index (Phi) is 8.03. The number of methoxy groups -OCH3 is 2. The van der Waals surface area contributed by atoms with Crippen LogP contribution in [0.3, 0.4) is 0 Å². The van der Waals surface area contributed by atoms with Gasteiger partial charge in [-0.2, -0.15) is 0 Å². The molecule has 35 heavy (non-hydrogen) atoms. The van der Waals surface area contributed by atoms with Crippen molar-refractivity contribution >= 4 is 44.9 Å². The summed E-state index contributed by atoms with van der Waals surface area (Å²) < 4.78 is 38.4. The number of anilines is 2. The van der Waals surface area contributed by atoms with Gasteiger partial charge in [0, 0.05) is 5.69 Å². The maximum atomic E-state index is 13.7. The summed E-state index contributed by atoms with van der Waals surface area (Å²) in [6.07, 6.45) is 0. The Balaban J connectivity index is 2.01. The van der Waals surface area contributed by atoms with Crippen molar-refractivity contribution in [1.82, 2.24) is 0 Å². The lowest BCUT2D eigenvalue weighted by atomic mass is 10.2. The Labute approximate surface area is 209 Å². The number of carbonyl (C=O) groups is 2. The number of halogens is 1. The molecule has 3 aromatic carbocycles. The fourth-order valence-corrected chi connectivity index (χ4v) is 4.95. The molecule has 10 heteroatoms. The molecule has 0 spiro atoms. The minimum atomic E-state index is -4.14. The highest BCUT2D eigenvalue weighted by Crippen LogP contribution is 2.33. The molecule has 0 unspecified atom stereocenters. The molecule has 1 N–H and O–H groups in total. The molecule has 0 aliphatic rings. The molecule has 0 atom stereocenters. The monoisotopic (exact) mass is 516 g/mol. The van der Waals surface area contributed by atoms with E-state index in [0.717, 1.165) is 15.4 Å². The van der Waals surface area contributed by atoms with Crippen LogP contribution in [0.15, 0.2) is 65.6 Å². The molecule has 0 aliphatic heterocycles. The number of carbonyl (C=O) groups excluding carboxylic acids is 2. The average Bonchev–Trinajstić information content (AvgIpc) is 2.83. The SMILES string of the molecule is COC(=O)c1cc(NC(=O)CN(c2cc(C)ccc2OC)S(=O)(=O)c2ccc(C)cc2)ccc1Cl. The fourth-order valence-electron chi connectivity index (χ4n) is 3.33. The van der Waals surface area contributed by atoms with Crippen molar-refractivity contribution in [2.45, 2.75) is 18.7 Å². The number of amides is 1. The number of nitrogens with one attached hydrogen (secondary N) is 1. The van der Waals surface area contributed by atoms with E-state index in [0.29, 0.717) is 5.75 Å². The molecule has 0 heterocycles. The summed E-state index contributed by atoms with van der Waals surface area (Å²) in [4.78, 5) is 25.0.